The van der Waals surface area contributed by atoms with Crippen LogP contribution in [0.25, 0.3) is 10.8 Å². The van der Waals surface area contributed by atoms with Crippen molar-refractivity contribution in [1.82, 2.24) is 10.3 Å². The van der Waals surface area contributed by atoms with Gasteiger partial charge in [-0.1, -0.05) is 12.1 Å². The Morgan fingerprint density at radius 3 is 2.59 bits per heavy atom. The van der Waals surface area contributed by atoms with Crippen LogP contribution in [-0.4, -0.2) is 23.0 Å². The molecule has 0 radical (unpaired) electrons. The lowest BCUT2D eigenvalue weighted by Gasteiger charge is -2.29. The van der Waals surface area contributed by atoms with E-state index < -0.39 is 0 Å². The largest absolute Gasteiger partial charge is 0.490 e. The molecule has 1 amide bonds. The molecule has 1 aliphatic carbocycles. The maximum absolute atomic E-state index is 11.1. The van der Waals surface area contributed by atoms with Gasteiger partial charge in [0.1, 0.15) is 5.75 Å². The highest BCUT2D eigenvalue weighted by molar-refractivity contribution is 5.88. The second kappa shape index (κ2) is 9.05. The Bertz CT molecular complexity index is 963. The van der Waals surface area contributed by atoms with Crippen molar-refractivity contribution in [1.29, 1.82) is 0 Å². The summed E-state index contributed by atoms with van der Waals surface area (Å²) in [7, 11) is 0. The molecule has 3 aromatic rings. The van der Waals surface area contributed by atoms with Crippen molar-refractivity contribution in [3.05, 3.63) is 66.5 Å². The predicted molar refractivity (Wildman–Crippen MR) is 116 cm³/mol. The van der Waals surface area contributed by atoms with Crippen molar-refractivity contribution >= 4 is 22.4 Å². The van der Waals surface area contributed by atoms with E-state index in [1.807, 2.05) is 36.7 Å². The van der Waals surface area contributed by atoms with Gasteiger partial charge in [-0.3, -0.25) is 9.78 Å². The van der Waals surface area contributed by atoms with Crippen LogP contribution in [0, 0.1) is 0 Å². The van der Waals surface area contributed by atoms with Crippen LogP contribution in [0.5, 0.6) is 5.75 Å². The number of nitrogens with zero attached hydrogens (tertiary/aromatic N) is 1. The number of fused-ring (bicyclic) bond motifs is 1. The average molecular weight is 389 g/mol. The van der Waals surface area contributed by atoms with E-state index in [0.717, 1.165) is 54.4 Å². The van der Waals surface area contributed by atoms with Gasteiger partial charge in [-0.2, -0.15) is 0 Å². The Morgan fingerprint density at radius 1 is 1.03 bits per heavy atom. The predicted octanol–water partition coefficient (Wildman–Crippen LogP) is 4.67. The van der Waals surface area contributed by atoms with Crippen LogP contribution < -0.4 is 15.4 Å². The van der Waals surface area contributed by atoms with Gasteiger partial charge in [0.2, 0.25) is 5.91 Å². The van der Waals surface area contributed by atoms with E-state index in [4.69, 9.17) is 4.74 Å². The van der Waals surface area contributed by atoms with E-state index in [1.165, 1.54) is 12.5 Å². The van der Waals surface area contributed by atoms with E-state index in [2.05, 4.69) is 39.9 Å². The van der Waals surface area contributed by atoms with Crippen molar-refractivity contribution in [2.45, 2.75) is 51.3 Å². The van der Waals surface area contributed by atoms with Crippen LogP contribution in [0.15, 0.2) is 60.9 Å². The molecule has 1 saturated carbocycles. The third kappa shape index (κ3) is 5.33. The molecule has 1 heterocycles. The molecule has 5 nitrogen and oxygen atoms in total. The fourth-order valence-corrected chi connectivity index (χ4v) is 3.88. The Labute approximate surface area is 171 Å². The third-order valence-electron chi connectivity index (χ3n) is 5.46. The quantitative estimate of drug-likeness (QED) is 0.643. The van der Waals surface area contributed by atoms with Gasteiger partial charge >= 0.3 is 0 Å². The number of carbonyl (C=O) groups excluding carboxylic acids is 1. The van der Waals surface area contributed by atoms with Gasteiger partial charge in [-0.05, 0) is 73.0 Å². The fourth-order valence-electron chi connectivity index (χ4n) is 3.88. The topological polar surface area (TPSA) is 63.2 Å². The first-order valence-electron chi connectivity index (χ1n) is 10.3. The Morgan fingerprint density at radius 2 is 1.83 bits per heavy atom. The molecule has 2 N–H and O–H groups in total. The van der Waals surface area contributed by atoms with E-state index >= 15 is 0 Å². The number of hydrogen-bond donors (Lipinski definition) is 2. The fraction of sp³-hybridized carbons (Fsp3) is 0.333. The van der Waals surface area contributed by atoms with Crippen LogP contribution in [0.1, 0.15) is 38.2 Å². The van der Waals surface area contributed by atoms with Crippen LogP contribution in [-0.2, 0) is 11.3 Å². The molecule has 1 fully saturated rings. The second-order valence-electron chi connectivity index (χ2n) is 7.74. The third-order valence-corrected chi connectivity index (χ3v) is 5.46. The Hall–Kier alpha value is -2.92. The number of aromatic nitrogens is 1. The molecule has 5 heteroatoms. The van der Waals surface area contributed by atoms with Gasteiger partial charge in [0, 0.05) is 43.0 Å². The highest BCUT2D eigenvalue weighted by Crippen LogP contribution is 2.26. The lowest BCUT2D eigenvalue weighted by molar-refractivity contribution is -0.114. The lowest BCUT2D eigenvalue weighted by Crippen LogP contribution is -2.35. The minimum atomic E-state index is -0.0458. The van der Waals surface area contributed by atoms with Gasteiger partial charge in [-0.25, -0.2) is 0 Å². The minimum Gasteiger partial charge on any atom is -0.490 e. The van der Waals surface area contributed by atoms with Crippen molar-refractivity contribution in [2.75, 3.05) is 5.32 Å². The molecule has 1 aromatic heterocycles. The van der Waals surface area contributed by atoms with Crippen LogP contribution >= 0.6 is 0 Å². The summed E-state index contributed by atoms with van der Waals surface area (Å²) in [6, 6.07) is 16.8. The number of rotatable bonds is 6. The Kier molecular flexibility index (Phi) is 6.06. The second-order valence-corrected chi connectivity index (χ2v) is 7.74. The summed E-state index contributed by atoms with van der Waals surface area (Å²) in [5, 5.41) is 8.75. The molecule has 0 atom stereocenters. The summed E-state index contributed by atoms with van der Waals surface area (Å²) >= 11 is 0. The average Bonchev–Trinajstić information content (AvgIpc) is 2.74. The summed E-state index contributed by atoms with van der Waals surface area (Å²) in [6.07, 6.45) is 8.34. The number of anilines is 1. The van der Waals surface area contributed by atoms with E-state index in [0.29, 0.717) is 6.04 Å². The molecule has 0 aliphatic heterocycles. The number of carbonyl (C=O) groups is 1. The number of amides is 1. The number of ether oxygens (including phenoxy) is 1. The maximum atomic E-state index is 11.1. The molecular formula is C24H27N3O2. The zero-order valence-electron chi connectivity index (χ0n) is 16.7. The SMILES string of the molecule is CC(=O)Nc1ccc(CN[C@H]2CC[C@H](Oc3ccc4cnccc4c3)CC2)cc1. The van der Waals surface area contributed by atoms with Crippen molar-refractivity contribution in [3.8, 4) is 5.75 Å². The van der Waals surface area contributed by atoms with Crippen molar-refractivity contribution < 1.29 is 9.53 Å². The zero-order chi connectivity index (χ0) is 20.1. The van der Waals surface area contributed by atoms with Crippen molar-refractivity contribution in [3.63, 3.8) is 0 Å². The molecule has 29 heavy (non-hydrogen) atoms. The van der Waals surface area contributed by atoms with Crippen molar-refractivity contribution in [2.24, 2.45) is 0 Å². The standard InChI is InChI=1S/C24H27N3O2/c1-17(28)27-22-5-2-18(3-6-22)15-26-21-7-10-23(11-8-21)29-24-9-4-20-16-25-13-12-19(20)14-24/h2-6,9,12-14,16,21,23,26H,7-8,10-11,15H2,1H3,(H,27,28)/t21-,23-. The summed E-state index contributed by atoms with van der Waals surface area (Å²) < 4.78 is 6.24. The zero-order valence-corrected chi connectivity index (χ0v) is 16.7. The summed E-state index contributed by atoms with van der Waals surface area (Å²) in [6.45, 7) is 2.36. The minimum absolute atomic E-state index is 0.0458. The number of hydrogen-bond acceptors (Lipinski definition) is 4. The van der Waals surface area contributed by atoms with Crippen LogP contribution in [0.3, 0.4) is 0 Å². The first-order valence-corrected chi connectivity index (χ1v) is 10.3. The maximum Gasteiger partial charge on any atom is 0.221 e. The smallest absolute Gasteiger partial charge is 0.221 e. The van der Waals surface area contributed by atoms with Gasteiger partial charge < -0.3 is 15.4 Å². The lowest BCUT2D eigenvalue weighted by atomic mass is 9.92. The molecule has 1 aliphatic rings. The normalized spacial score (nSPS) is 19.1. The van der Waals surface area contributed by atoms with E-state index in [-0.39, 0.29) is 12.0 Å². The number of nitrogens with one attached hydrogen (secondary N) is 2. The summed E-state index contributed by atoms with van der Waals surface area (Å²) in [4.78, 5) is 15.3. The van der Waals surface area contributed by atoms with Gasteiger partial charge in [-0.15, -0.1) is 0 Å². The summed E-state index contributed by atoms with van der Waals surface area (Å²) in [5.41, 5.74) is 2.06. The highest BCUT2D eigenvalue weighted by Gasteiger charge is 2.22. The first kappa shape index (κ1) is 19.4. The Balaban J connectivity index is 1.23. The number of pyridine rings is 1. The molecular weight excluding hydrogens is 362 g/mol. The van der Waals surface area contributed by atoms with E-state index in [1.54, 1.807) is 0 Å². The molecule has 4 rings (SSSR count). The van der Waals surface area contributed by atoms with Gasteiger partial charge in [0.25, 0.3) is 0 Å². The van der Waals surface area contributed by atoms with Crippen LogP contribution in [0.2, 0.25) is 0 Å². The molecule has 0 spiro atoms. The molecule has 2 aromatic carbocycles. The number of benzene rings is 2. The highest BCUT2D eigenvalue weighted by atomic mass is 16.5. The molecule has 0 unspecified atom stereocenters. The monoisotopic (exact) mass is 389 g/mol. The van der Waals surface area contributed by atoms with Gasteiger partial charge in [0.15, 0.2) is 0 Å². The molecule has 0 bridgehead atoms. The molecule has 150 valence electrons. The summed E-state index contributed by atoms with van der Waals surface area (Å²) in [5.74, 6) is 0.898. The van der Waals surface area contributed by atoms with Crippen LogP contribution in [0.4, 0.5) is 5.69 Å². The van der Waals surface area contributed by atoms with E-state index in [9.17, 15) is 4.79 Å². The molecule has 0 saturated heterocycles. The first-order chi connectivity index (χ1) is 14.2. The van der Waals surface area contributed by atoms with Gasteiger partial charge in [0.05, 0.1) is 6.10 Å².